The van der Waals surface area contributed by atoms with Crippen LogP contribution in [0.1, 0.15) is 63.1 Å². The van der Waals surface area contributed by atoms with Gasteiger partial charge in [0, 0.05) is 6.54 Å². The van der Waals surface area contributed by atoms with Crippen molar-refractivity contribution >= 4 is 12.4 Å². The Bertz CT molecular complexity index is 429. The quantitative estimate of drug-likeness (QED) is 0.929. The lowest BCUT2D eigenvalue weighted by Crippen LogP contribution is -2.42. The maximum atomic E-state index is 5.52. The van der Waals surface area contributed by atoms with E-state index in [9.17, 15) is 0 Å². The molecule has 0 unspecified atom stereocenters. The standard InChI is InChI=1S/C15H26N4O.ClH/c16-10-14-17-13(18-20-14)11-19-9-5-8-15(12-19)6-3-1-2-4-7-15;/h1-12,16H2;1H. The van der Waals surface area contributed by atoms with Crippen LogP contribution in [0.15, 0.2) is 4.52 Å². The summed E-state index contributed by atoms with van der Waals surface area (Å²) in [6.07, 6.45) is 11.2. The van der Waals surface area contributed by atoms with Crippen LogP contribution in [0.4, 0.5) is 0 Å². The zero-order valence-electron chi connectivity index (χ0n) is 12.7. The van der Waals surface area contributed by atoms with Crippen molar-refractivity contribution in [3.8, 4) is 0 Å². The lowest BCUT2D eigenvalue weighted by Gasteiger charge is -2.42. The van der Waals surface area contributed by atoms with Crippen LogP contribution in [0.5, 0.6) is 0 Å². The number of nitrogens with zero attached hydrogens (tertiary/aromatic N) is 3. The molecule has 1 aliphatic heterocycles. The molecule has 0 aromatic carbocycles. The summed E-state index contributed by atoms with van der Waals surface area (Å²) in [6.45, 7) is 3.51. The molecule has 3 rings (SSSR count). The van der Waals surface area contributed by atoms with Crippen LogP contribution >= 0.6 is 12.4 Å². The van der Waals surface area contributed by atoms with Crippen molar-refractivity contribution in [3.63, 3.8) is 0 Å². The number of nitrogens with two attached hydrogens (primary N) is 1. The summed E-state index contributed by atoms with van der Waals surface area (Å²) in [5.41, 5.74) is 6.08. The fraction of sp³-hybridized carbons (Fsp3) is 0.867. The second-order valence-corrected chi connectivity index (χ2v) is 6.54. The minimum Gasteiger partial charge on any atom is -0.338 e. The number of halogens is 1. The monoisotopic (exact) mass is 314 g/mol. The summed E-state index contributed by atoms with van der Waals surface area (Å²) in [5.74, 6) is 1.33. The fourth-order valence-corrected chi connectivity index (χ4v) is 3.97. The summed E-state index contributed by atoms with van der Waals surface area (Å²) < 4.78 is 5.10. The molecular formula is C15H27ClN4O. The van der Waals surface area contributed by atoms with Crippen molar-refractivity contribution < 1.29 is 4.52 Å². The van der Waals surface area contributed by atoms with Gasteiger partial charge in [-0.05, 0) is 37.6 Å². The molecule has 1 aliphatic carbocycles. The highest BCUT2D eigenvalue weighted by atomic mass is 35.5. The fourth-order valence-electron chi connectivity index (χ4n) is 3.97. The number of likely N-dealkylation sites (tertiary alicyclic amines) is 1. The number of piperidine rings is 1. The highest BCUT2D eigenvalue weighted by Gasteiger charge is 2.35. The van der Waals surface area contributed by atoms with Crippen molar-refractivity contribution in [2.75, 3.05) is 13.1 Å². The van der Waals surface area contributed by atoms with Gasteiger partial charge in [0.15, 0.2) is 5.82 Å². The van der Waals surface area contributed by atoms with E-state index >= 15 is 0 Å². The smallest absolute Gasteiger partial charge is 0.240 e. The molecule has 1 spiro atoms. The molecule has 6 heteroatoms. The molecule has 2 fully saturated rings. The van der Waals surface area contributed by atoms with Gasteiger partial charge in [0.2, 0.25) is 5.89 Å². The van der Waals surface area contributed by atoms with Gasteiger partial charge in [-0.3, -0.25) is 4.90 Å². The second kappa shape index (κ2) is 7.56. The van der Waals surface area contributed by atoms with Gasteiger partial charge in [0.05, 0.1) is 13.1 Å². The predicted molar refractivity (Wildman–Crippen MR) is 84.1 cm³/mol. The van der Waals surface area contributed by atoms with Gasteiger partial charge in [-0.15, -0.1) is 12.4 Å². The first-order valence-electron chi connectivity index (χ1n) is 8.04. The largest absolute Gasteiger partial charge is 0.338 e. The third-order valence-corrected chi connectivity index (χ3v) is 4.95. The van der Waals surface area contributed by atoms with Crippen molar-refractivity contribution in [1.82, 2.24) is 15.0 Å². The van der Waals surface area contributed by atoms with Crippen LogP contribution in [-0.4, -0.2) is 28.1 Å². The lowest BCUT2D eigenvalue weighted by molar-refractivity contribution is 0.0664. The Morgan fingerprint density at radius 3 is 2.48 bits per heavy atom. The van der Waals surface area contributed by atoms with Crippen molar-refractivity contribution in [1.29, 1.82) is 0 Å². The molecule has 2 aliphatic rings. The highest BCUT2D eigenvalue weighted by molar-refractivity contribution is 5.85. The van der Waals surface area contributed by atoms with E-state index in [0.717, 1.165) is 18.9 Å². The summed E-state index contributed by atoms with van der Waals surface area (Å²) in [4.78, 5) is 6.84. The van der Waals surface area contributed by atoms with Crippen molar-refractivity contribution in [2.24, 2.45) is 11.1 Å². The summed E-state index contributed by atoms with van der Waals surface area (Å²) >= 11 is 0. The van der Waals surface area contributed by atoms with Crippen LogP contribution in [-0.2, 0) is 13.1 Å². The Balaban J connectivity index is 0.00000161. The number of aromatic nitrogens is 2. The average Bonchev–Trinajstić information content (AvgIpc) is 2.79. The van der Waals surface area contributed by atoms with Crippen LogP contribution in [0.25, 0.3) is 0 Å². The SMILES string of the molecule is Cl.NCc1nc(CN2CCCC3(CCCCCC3)C2)no1. The van der Waals surface area contributed by atoms with E-state index in [-0.39, 0.29) is 12.4 Å². The molecule has 0 radical (unpaired) electrons. The highest BCUT2D eigenvalue weighted by Crippen LogP contribution is 2.42. The van der Waals surface area contributed by atoms with E-state index < -0.39 is 0 Å². The van der Waals surface area contributed by atoms with E-state index in [2.05, 4.69) is 15.0 Å². The zero-order valence-corrected chi connectivity index (χ0v) is 13.5. The topological polar surface area (TPSA) is 68.2 Å². The van der Waals surface area contributed by atoms with E-state index in [0.29, 0.717) is 17.9 Å². The molecule has 21 heavy (non-hydrogen) atoms. The third-order valence-electron chi connectivity index (χ3n) is 4.95. The Labute approximate surface area is 133 Å². The third kappa shape index (κ3) is 4.18. The van der Waals surface area contributed by atoms with Gasteiger partial charge in [-0.1, -0.05) is 30.8 Å². The van der Waals surface area contributed by atoms with Crippen LogP contribution in [0.2, 0.25) is 0 Å². The molecule has 2 N–H and O–H groups in total. The van der Waals surface area contributed by atoms with Gasteiger partial charge in [0.1, 0.15) is 0 Å². The van der Waals surface area contributed by atoms with Gasteiger partial charge < -0.3 is 10.3 Å². The minimum atomic E-state index is 0. The normalized spacial score (nSPS) is 22.7. The van der Waals surface area contributed by atoms with Gasteiger partial charge in [-0.2, -0.15) is 4.98 Å². The van der Waals surface area contributed by atoms with Crippen LogP contribution < -0.4 is 5.73 Å². The average molecular weight is 315 g/mol. The molecular weight excluding hydrogens is 288 g/mol. The Hall–Kier alpha value is -0.650. The first-order chi connectivity index (χ1) is 9.80. The zero-order chi connectivity index (χ0) is 13.8. The first-order valence-corrected chi connectivity index (χ1v) is 8.04. The molecule has 1 aromatic heterocycles. The molecule has 0 bridgehead atoms. The Kier molecular flexibility index (Phi) is 6.02. The molecule has 1 saturated carbocycles. The molecule has 0 amide bonds. The number of hydrogen-bond donors (Lipinski definition) is 1. The van der Waals surface area contributed by atoms with E-state index in [1.807, 2.05) is 0 Å². The Morgan fingerprint density at radius 1 is 1.10 bits per heavy atom. The van der Waals surface area contributed by atoms with Gasteiger partial charge in [-0.25, -0.2) is 0 Å². The molecule has 2 heterocycles. The summed E-state index contributed by atoms with van der Waals surface area (Å²) in [5, 5.41) is 4.03. The lowest BCUT2D eigenvalue weighted by atomic mass is 9.74. The van der Waals surface area contributed by atoms with Crippen LogP contribution in [0.3, 0.4) is 0 Å². The number of hydrogen-bond acceptors (Lipinski definition) is 5. The molecule has 0 atom stereocenters. The molecule has 1 saturated heterocycles. The predicted octanol–water partition coefficient (Wildman–Crippen LogP) is 2.89. The van der Waals surface area contributed by atoms with Gasteiger partial charge in [0.25, 0.3) is 0 Å². The maximum absolute atomic E-state index is 5.52. The molecule has 120 valence electrons. The Morgan fingerprint density at radius 2 is 1.81 bits per heavy atom. The minimum absolute atomic E-state index is 0. The van der Waals surface area contributed by atoms with E-state index in [4.69, 9.17) is 10.3 Å². The molecule has 1 aromatic rings. The van der Waals surface area contributed by atoms with Crippen LogP contribution in [0, 0.1) is 5.41 Å². The van der Waals surface area contributed by atoms with E-state index in [1.54, 1.807) is 0 Å². The van der Waals surface area contributed by atoms with Gasteiger partial charge >= 0.3 is 0 Å². The first kappa shape index (κ1) is 16.7. The second-order valence-electron chi connectivity index (χ2n) is 6.54. The van der Waals surface area contributed by atoms with Crippen molar-refractivity contribution in [2.45, 2.75) is 64.5 Å². The van der Waals surface area contributed by atoms with Crippen molar-refractivity contribution in [3.05, 3.63) is 11.7 Å². The number of rotatable bonds is 3. The maximum Gasteiger partial charge on any atom is 0.240 e. The summed E-state index contributed by atoms with van der Waals surface area (Å²) in [6, 6.07) is 0. The summed E-state index contributed by atoms with van der Waals surface area (Å²) in [7, 11) is 0. The molecule has 5 nitrogen and oxygen atoms in total. The van der Waals surface area contributed by atoms with E-state index in [1.165, 1.54) is 57.9 Å².